The second-order valence-corrected chi connectivity index (χ2v) is 5.38. The molecule has 116 valence electrons. The molecule has 0 aliphatic carbocycles. The van der Waals surface area contributed by atoms with Crippen molar-refractivity contribution in [2.45, 2.75) is 12.6 Å². The quantitative estimate of drug-likeness (QED) is 0.926. The zero-order chi connectivity index (χ0) is 14.9. The molecule has 1 saturated heterocycles. The smallest absolute Gasteiger partial charge is 0.401 e. The van der Waals surface area contributed by atoms with Crippen LogP contribution in [-0.2, 0) is 0 Å². The summed E-state index contributed by atoms with van der Waals surface area (Å²) >= 11 is 0. The summed E-state index contributed by atoms with van der Waals surface area (Å²) in [5.41, 5.74) is 1.03. The zero-order valence-electron chi connectivity index (χ0n) is 11.4. The molecular weight excluding hydrogens is 285 g/mol. The molecule has 1 aromatic rings. The van der Waals surface area contributed by atoms with Crippen LogP contribution in [-0.4, -0.2) is 39.1 Å². The van der Waals surface area contributed by atoms with Crippen LogP contribution >= 0.6 is 0 Å². The molecule has 2 aliphatic rings. The Labute approximate surface area is 120 Å². The molecule has 21 heavy (non-hydrogen) atoms. The number of rotatable bonds is 4. The van der Waals surface area contributed by atoms with E-state index in [0.29, 0.717) is 6.54 Å². The number of alkyl halides is 3. The van der Waals surface area contributed by atoms with Gasteiger partial charge in [0.1, 0.15) is 0 Å². The molecule has 0 radical (unpaired) electrons. The first-order valence-electron chi connectivity index (χ1n) is 6.93. The lowest BCUT2D eigenvalue weighted by Gasteiger charge is -2.19. The average molecular weight is 302 g/mol. The molecule has 7 heteroatoms. The Morgan fingerprint density at radius 1 is 1.24 bits per heavy atom. The molecule has 1 unspecified atom stereocenters. The van der Waals surface area contributed by atoms with Crippen molar-refractivity contribution in [3.63, 3.8) is 0 Å². The highest BCUT2D eigenvalue weighted by Gasteiger charge is 2.28. The molecule has 1 aromatic carbocycles. The Balaban J connectivity index is 1.52. The minimum Gasteiger partial charge on any atom is -0.454 e. The number of hydrogen-bond donors (Lipinski definition) is 1. The first-order valence-corrected chi connectivity index (χ1v) is 6.93. The van der Waals surface area contributed by atoms with E-state index < -0.39 is 12.7 Å². The van der Waals surface area contributed by atoms with Crippen LogP contribution < -0.4 is 19.7 Å². The Morgan fingerprint density at radius 3 is 2.86 bits per heavy atom. The van der Waals surface area contributed by atoms with E-state index in [1.165, 1.54) is 0 Å². The Hall–Kier alpha value is -1.63. The van der Waals surface area contributed by atoms with Crippen molar-refractivity contribution >= 4 is 5.69 Å². The summed E-state index contributed by atoms with van der Waals surface area (Å²) in [6, 6.07) is 5.75. The van der Waals surface area contributed by atoms with Crippen molar-refractivity contribution in [2.24, 2.45) is 5.92 Å². The molecule has 0 saturated carbocycles. The second-order valence-electron chi connectivity index (χ2n) is 5.38. The summed E-state index contributed by atoms with van der Waals surface area (Å²) < 4.78 is 46.9. The van der Waals surface area contributed by atoms with E-state index in [0.717, 1.165) is 36.7 Å². The molecule has 2 aliphatic heterocycles. The fourth-order valence-corrected chi connectivity index (χ4v) is 2.73. The maximum absolute atomic E-state index is 12.1. The Bertz CT molecular complexity index is 507. The van der Waals surface area contributed by atoms with Crippen molar-refractivity contribution < 1.29 is 22.6 Å². The third-order valence-electron chi connectivity index (χ3n) is 3.77. The molecule has 1 N–H and O–H groups in total. The molecule has 3 rings (SSSR count). The van der Waals surface area contributed by atoms with Crippen LogP contribution in [0.4, 0.5) is 18.9 Å². The lowest BCUT2D eigenvalue weighted by molar-refractivity contribution is -0.125. The highest BCUT2D eigenvalue weighted by Crippen LogP contribution is 2.36. The summed E-state index contributed by atoms with van der Waals surface area (Å²) in [6.45, 7) is 1.30. The van der Waals surface area contributed by atoms with E-state index in [4.69, 9.17) is 9.47 Å². The summed E-state index contributed by atoms with van der Waals surface area (Å²) in [7, 11) is 0. The molecule has 1 atom stereocenters. The third-order valence-corrected chi connectivity index (χ3v) is 3.77. The van der Waals surface area contributed by atoms with E-state index in [1.807, 2.05) is 18.2 Å². The maximum atomic E-state index is 12.1. The highest BCUT2D eigenvalue weighted by atomic mass is 19.4. The van der Waals surface area contributed by atoms with Gasteiger partial charge in [-0.15, -0.1) is 0 Å². The minimum absolute atomic E-state index is 0.234. The zero-order valence-corrected chi connectivity index (χ0v) is 11.4. The van der Waals surface area contributed by atoms with E-state index >= 15 is 0 Å². The van der Waals surface area contributed by atoms with Gasteiger partial charge < -0.3 is 19.7 Å². The molecule has 4 nitrogen and oxygen atoms in total. The predicted octanol–water partition coefficient (Wildman–Crippen LogP) is 2.39. The van der Waals surface area contributed by atoms with Crippen molar-refractivity contribution in [2.75, 3.05) is 37.9 Å². The maximum Gasteiger partial charge on any atom is 0.401 e. The Kier molecular flexibility index (Phi) is 3.84. The van der Waals surface area contributed by atoms with Gasteiger partial charge in [-0.1, -0.05) is 0 Å². The molecule has 2 heterocycles. The van der Waals surface area contributed by atoms with Crippen LogP contribution in [0.15, 0.2) is 18.2 Å². The van der Waals surface area contributed by atoms with Crippen LogP contribution in [0.25, 0.3) is 0 Å². The molecule has 0 amide bonds. The SMILES string of the molecule is FC(F)(F)CNCC1CCN(c2ccc3c(c2)OCO3)C1. The van der Waals surface area contributed by atoms with Gasteiger partial charge in [0.25, 0.3) is 0 Å². The first-order chi connectivity index (χ1) is 10.0. The monoisotopic (exact) mass is 302 g/mol. The third kappa shape index (κ3) is 3.53. The minimum atomic E-state index is -4.14. The molecule has 0 bridgehead atoms. The van der Waals surface area contributed by atoms with E-state index in [-0.39, 0.29) is 12.7 Å². The van der Waals surface area contributed by atoms with Crippen molar-refractivity contribution in [1.82, 2.24) is 5.32 Å². The van der Waals surface area contributed by atoms with Gasteiger partial charge in [0.15, 0.2) is 11.5 Å². The number of benzene rings is 1. The second kappa shape index (κ2) is 5.63. The molecule has 0 spiro atoms. The Morgan fingerprint density at radius 2 is 2.05 bits per heavy atom. The fraction of sp³-hybridized carbons (Fsp3) is 0.571. The number of halogens is 3. The number of nitrogens with zero attached hydrogens (tertiary/aromatic N) is 1. The van der Waals surface area contributed by atoms with Gasteiger partial charge in [0.2, 0.25) is 6.79 Å². The van der Waals surface area contributed by atoms with Crippen LogP contribution in [0.3, 0.4) is 0 Å². The average Bonchev–Trinajstić information content (AvgIpc) is 3.04. The topological polar surface area (TPSA) is 33.7 Å². The summed E-state index contributed by atoms with van der Waals surface area (Å²) in [5, 5.41) is 2.48. The van der Waals surface area contributed by atoms with Crippen LogP contribution in [0.2, 0.25) is 0 Å². The van der Waals surface area contributed by atoms with Crippen LogP contribution in [0.1, 0.15) is 6.42 Å². The standard InChI is InChI=1S/C14H17F3N2O2/c15-14(16,17)8-18-6-10-3-4-19(7-10)11-1-2-12-13(5-11)21-9-20-12/h1-2,5,10,18H,3-4,6-9H2. The predicted molar refractivity (Wildman–Crippen MR) is 71.8 cm³/mol. The van der Waals surface area contributed by atoms with Crippen LogP contribution in [0.5, 0.6) is 11.5 Å². The molecular formula is C14H17F3N2O2. The van der Waals surface area contributed by atoms with Gasteiger partial charge in [0, 0.05) is 31.4 Å². The van der Waals surface area contributed by atoms with Crippen LogP contribution in [0, 0.1) is 5.92 Å². The van der Waals surface area contributed by atoms with E-state index in [9.17, 15) is 13.2 Å². The first kappa shape index (κ1) is 14.3. The van der Waals surface area contributed by atoms with Gasteiger partial charge in [-0.25, -0.2) is 0 Å². The summed E-state index contributed by atoms with van der Waals surface area (Å²) in [4.78, 5) is 2.17. The lowest BCUT2D eigenvalue weighted by atomic mass is 10.1. The number of fused-ring (bicyclic) bond motifs is 1. The summed E-state index contributed by atoms with van der Waals surface area (Å²) in [5.74, 6) is 1.70. The van der Waals surface area contributed by atoms with Gasteiger partial charge in [-0.3, -0.25) is 0 Å². The fourth-order valence-electron chi connectivity index (χ4n) is 2.73. The number of anilines is 1. The highest BCUT2D eigenvalue weighted by molar-refractivity contribution is 5.57. The number of hydrogen-bond acceptors (Lipinski definition) is 4. The van der Waals surface area contributed by atoms with Crippen molar-refractivity contribution in [3.05, 3.63) is 18.2 Å². The van der Waals surface area contributed by atoms with Gasteiger partial charge in [0.05, 0.1) is 6.54 Å². The van der Waals surface area contributed by atoms with E-state index in [1.54, 1.807) is 0 Å². The van der Waals surface area contributed by atoms with Gasteiger partial charge in [-0.05, 0) is 24.5 Å². The molecule has 1 fully saturated rings. The normalized spacial score (nSPS) is 21.1. The largest absolute Gasteiger partial charge is 0.454 e. The van der Waals surface area contributed by atoms with Crippen molar-refractivity contribution in [1.29, 1.82) is 0 Å². The molecule has 0 aromatic heterocycles. The van der Waals surface area contributed by atoms with Gasteiger partial charge >= 0.3 is 6.18 Å². The number of ether oxygens (including phenoxy) is 2. The summed E-state index contributed by atoms with van der Waals surface area (Å²) in [6.07, 6.45) is -3.26. The lowest BCUT2D eigenvalue weighted by Crippen LogP contribution is -2.33. The van der Waals surface area contributed by atoms with Crippen molar-refractivity contribution in [3.8, 4) is 11.5 Å². The number of nitrogens with one attached hydrogen (secondary N) is 1. The van der Waals surface area contributed by atoms with Gasteiger partial charge in [-0.2, -0.15) is 13.2 Å². The van der Waals surface area contributed by atoms with E-state index in [2.05, 4.69) is 10.2 Å².